The van der Waals surface area contributed by atoms with E-state index in [1.54, 1.807) is 25.2 Å². The first-order valence-corrected chi connectivity index (χ1v) is 7.34. The van der Waals surface area contributed by atoms with Crippen LogP contribution in [-0.4, -0.2) is 25.5 Å². The smallest absolute Gasteiger partial charge is 0.264 e. The molecule has 0 fully saturated rings. The Labute approximate surface area is 141 Å². The summed E-state index contributed by atoms with van der Waals surface area (Å²) < 4.78 is 18.9. The zero-order valence-electron chi connectivity index (χ0n) is 12.6. The molecule has 3 N–H and O–H groups in total. The first-order valence-electron chi connectivity index (χ1n) is 6.96. The number of hydrogen-bond acceptors (Lipinski definition) is 4. The van der Waals surface area contributed by atoms with Crippen LogP contribution in [0, 0.1) is 5.82 Å². The maximum absolute atomic E-state index is 13.6. The molecule has 0 unspecified atom stereocenters. The Morgan fingerprint density at radius 2 is 2.12 bits per heavy atom. The molecule has 24 heavy (non-hydrogen) atoms. The third-order valence-corrected chi connectivity index (χ3v) is 3.86. The zero-order chi connectivity index (χ0) is 17.4. The van der Waals surface area contributed by atoms with Gasteiger partial charge in [0.1, 0.15) is 11.6 Å². The minimum Gasteiger partial charge on any atom is -0.482 e. The quantitative estimate of drug-likeness (QED) is 0.816. The molecule has 124 valence electrons. The van der Waals surface area contributed by atoms with Gasteiger partial charge in [0.25, 0.3) is 11.8 Å². The van der Waals surface area contributed by atoms with Crippen LogP contribution in [-0.2, 0) is 4.79 Å². The Bertz CT molecular complexity index is 857. The molecule has 0 saturated heterocycles. The molecule has 1 aliphatic heterocycles. The van der Waals surface area contributed by atoms with E-state index in [0.29, 0.717) is 17.1 Å². The molecule has 2 aromatic carbocycles. The molecular formula is C16H13ClFN3O3. The number of carbonyl (C=O) groups excluding carboxylic acids is 2. The lowest BCUT2D eigenvalue weighted by molar-refractivity contribution is -0.120. The lowest BCUT2D eigenvalue weighted by Gasteiger charge is -2.26. The maximum atomic E-state index is 13.6. The molecule has 0 saturated carbocycles. The van der Waals surface area contributed by atoms with Crippen LogP contribution < -0.4 is 20.7 Å². The standard InChI is InChI=1S/C16H13ClFN3O3/c1-21-12-6-9(2-3-13(12)24-7-14(21)22)20-16(23)10-4-8(17)5-11(18)15(10)19/h2-6H,7,19H2,1H3,(H,20,23). The molecule has 0 aromatic heterocycles. The Morgan fingerprint density at radius 3 is 2.88 bits per heavy atom. The Balaban J connectivity index is 1.90. The number of nitrogens with one attached hydrogen (secondary N) is 1. The van der Waals surface area contributed by atoms with Crippen molar-refractivity contribution in [2.75, 3.05) is 29.6 Å². The summed E-state index contributed by atoms with van der Waals surface area (Å²) in [5.41, 5.74) is 6.16. The first-order chi connectivity index (χ1) is 11.4. The van der Waals surface area contributed by atoms with Crippen LogP contribution in [0.4, 0.5) is 21.5 Å². The summed E-state index contributed by atoms with van der Waals surface area (Å²) in [4.78, 5) is 25.4. The highest BCUT2D eigenvalue weighted by molar-refractivity contribution is 6.31. The number of hydrogen-bond donors (Lipinski definition) is 2. The monoisotopic (exact) mass is 349 g/mol. The summed E-state index contributed by atoms with van der Waals surface area (Å²) >= 11 is 5.76. The first kappa shape index (κ1) is 16.1. The number of carbonyl (C=O) groups is 2. The number of rotatable bonds is 2. The third-order valence-electron chi connectivity index (χ3n) is 3.64. The van der Waals surface area contributed by atoms with Gasteiger partial charge in [0, 0.05) is 17.8 Å². The van der Waals surface area contributed by atoms with Crippen LogP contribution in [0.15, 0.2) is 30.3 Å². The van der Waals surface area contributed by atoms with Gasteiger partial charge >= 0.3 is 0 Å². The minimum absolute atomic E-state index is 0.0342. The van der Waals surface area contributed by atoms with Gasteiger partial charge < -0.3 is 20.7 Å². The zero-order valence-corrected chi connectivity index (χ0v) is 13.4. The van der Waals surface area contributed by atoms with Crippen LogP contribution in [0.3, 0.4) is 0 Å². The van der Waals surface area contributed by atoms with Crippen molar-refractivity contribution in [3.05, 3.63) is 46.7 Å². The second-order valence-corrected chi connectivity index (χ2v) is 5.66. The van der Waals surface area contributed by atoms with Crippen molar-refractivity contribution in [1.29, 1.82) is 0 Å². The summed E-state index contributed by atoms with van der Waals surface area (Å²) in [7, 11) is 1.61. The van der Waals surface area contributed by atoms with E-state index in [4.69, 9.17) is 22.1 Å². The predicted molar refractivity (Wildman–Crippen MR) is 89.1 cm³/mol. The molecule has 0 aliphatic carbocycles. The van der Waals surface area contributed by atoms with Crippen molar-refractivity contribution in [3.8, 4) is 5.75 Å². The highest BCUT2D eigenvalue weighted by atomic mass is 35.5. The van der Waals surface area contributed by atoms with Crippen molar-refractivity contribution in [2.24, 2.45) is 0 Å². The number of nitrogen functional groups attached to an aromatic ring is 1. The number of nitrogens with two attached hydrogens (primary N) is 1. The number of anilines is 3. The van der Waals surface area contributed by atoms with E-state index in [2.05, 4.69) is 5.32 Å². The third kappa shape index (κ3) is 2.85. The van der Waals surface area contributed by atoms with Crippen molar-refractivity contribution in [2.45, 2.75) is 0 Å². The summed E-state index contributed by atoms with van der Waals surface area (Å²) in [6.45, 7) is -0.0342. The predicted octanol–water partition coefficient (Wildman–Crippen LogP) is 2.67. The molecule has 6 nitrogen and oxygen atoms in total. The van der Waals surface area contributed by atoms with Gasteiger partial charge in [0.05, 0.1) is 16.9 Å². The Kier molecular flexibility index (Phi) is 4.02. The van der Waals surface area contributed by atoms with Gasteiger partial charge in [-0.15, -0.1) is 0 Å². The van der Waals surface area contributed by atoms with E-state index < -0.39 is 11.7 Å². The maximum Gasteiger partial charge on any atom is 0.264 e. The fourth-order valence-electron chi connectivity index (χ4n) is 2.32. The molecule has 3 rings (SSSR count). The van der Waals surface area contributed by atoms with Gasteiger partial charge in [-0.25, -0.2) is 4.39 Å². The lowest BCUT2D eigenvalue weighted by atomic mass is 10.1. The number of nitrogens with zero attached hydrogens (tertiary/aromatic N) is 1. The second kappa shape index (κ2) is 6.01. The SMILES string of the molecule is CN1C(=O)COc2ccc(NC(=O)c3cc(Cl)cc(F)c3N)cc21. The minimum atomic E-state index is -0.767. The molecular weight excluding hydrogens is 337 g/mol. The van der Waals surface area contributed by atoms with Gasteiger partial charge in [-0.2, -0.15) is 0 Å². The summed E-state index contributed by atoms with van der Waals surface area (Å²) in [6, 6.07) is 7.14. The fourth-order valence-corrected chi connectivity index (χ4v) is 2.53. The van der Waals surface area contributed by atoms with Crippen molar-refractivity contribution < 1.29 is 18.7 Å². The van der Waals surface area contributed by atoms with E-state index >= 15 is 0 Å². The van der Waals surface area contributed by atoms with Crippen LogP contribution in [0.5, 0.6) is 5.75 Å². The number of likely N-dealkylation sites (N-methyl/N-ethyl adjacent to an activating group) is 1. The Morgan fingerprint density at radius 1 is 1.38 bits per heavy atom. The molecule has 2 amide bonds. The normalized spacial score (nSPS) is 13.3. The molecule has 1 aliphatic rings. The highest BCUT2D eigenvalue weighted by Gasteiger charge is 2.23. The summed E-state index contributed by atoms with van der Waals surface area (Å²) in [5.74, 6) is -1.05. The molecule has 1 heterocycles. The van der Waals surface area contributed by atoms with Crippen molar-refractivity contribution in [3.63, 3.8) is 0 Å². The number of fused-ring (bicyclic) bond motifs is 1. The second-order valence-electron chi connectivity index (χ2n) is 5.23. The molecule has 8 heteroatoms. The molecule has 0 radical (unpaired) electrons. The molecule has 0 bridgehead atoms. The van der Waals surface area contributed by atoms with Gasteiger partial charge in [0.15, 0.2) is 6.61 Å². The topological polar surface area (TPSA) is 84.7 Å². The highest BCUT2D eigenvalue weighted by Crippen LogP contribution is 2.34. The fraction of sp³-hybridized carbons (Fsp3) is 0.125. The van der Waals surface area contributed by atoms with Crippen LogP contribution in [0.1, 0.15) is 10.4 Å². The van der Waals surface area contributed by atoms with Crippen LogP contribution in [0.25, 0.3) is 0 Å². The van der Waals surface area contributed by atoms with Gasteiger partial charge in [-0.1, -0.05) is 11.6 Å². The van der Waals surface area contributed by atoms with Crippen molar-refractivity contribution >= 4 is 40.5 Å². The summed E-state index contributed by atoms with van der Waals surface area (Å²) in [6.07, 6.45) is 0. The van der Waals surface area contributed by atoms with Gasteiger partial charge in [0.2, 0.25) is 0 Å². The van der Waals surface area contributed by atoms with Gasteiger partial charge in [-0.05, 0) is 30.3 Å². The van der Waals surface area contributed by atoms with E-state index in [0.717, 1.165) is 6.07 Å². The molecule has 0 spiro atoms. The van der Waals surface area contributed by atoms with Crippen LogP contribution >= 0.6 is 11.6 Å². The largest absolute Gasteiger partial charge is 0.482 e. The number of ether oxygens (including phenoxy) is 1. The Hall–Kier alpha value is -2.80. The number of amides is 2. The van der Waals surface area contributed by atoms with Crippen LogP contribution in [0.2, 0.25) is 5.02 Å². The number of halogens is 2. The molecule has 2 aromatic rings. The van der Waals surface area contributed by atoms with Crippen molar-refractivity contribution in [1.82, 2.24) is 0 Å². The average Bonchev–Trinajstić information content (AvgIpc) is 2.54. The van der Waals surface area contributed by atoms with E-state index in [9.17, 15) is 14.0 Å². The lowest BCUT2D eigenvalue weighted by Crippen LogP contribution is -2.35. The number of benzene rings is 2. The molecule has 0 atom stereocenters. The summed E-state index contributed by atoms with van der Waals surface area (Å²) in [5, 5.41) is 2.67. The van der Waals surface area contributed by atoms with E-state index in [1.165, 1.54) is 11.0 Å². The van der Waals surface area contributed by atoms with E-state index in [1.807, 2.05) is 0 Å². The average molecular weight is 350 g/mol. The van der Waals surface area contributed by atoms with E-state index in [-0.39, 0.29) is 28.8 Å². The van der Waals surface area contributed by atoms with Gasteiger partial charge in [-0.3, -0.25) is 9.59 Å².